The zero-order valence-corrected chi connectivity index (χ0v) is 7.32. The van der Waals surface area contributed by atoms with Crippen LogP contribution in [-0.2, 0) is 11.0 Å². The molecule has 1 N–H and O–H groups in total. The predicted molar refractivity (Wildman–Crippen MR) is 40.9 cm³/mol. The van der Waals surface area contributed by atoms with Crippen LogP contribution in [0.4, 0.5) is 19.1 Å². The van der Waals surface area contributed by atoms with E-state index < -0.39 is 17.8 Å². The number of hydrogen-bond donors (Lipinski definition) is 1. The summed E-state index contributed by atoms with van der Waals surface area (Å²) in [5.41, 5.74) is -1.21. The molecule has 0 aromatic carbocycles. The van der Waals surface area contributed by atoms with Gasteiger partial charge in [-0.2, -0.15) is 13.2 Å². The van der Waals surface area contributed by atoms with E-state index in [2.05, 4.69) is 9.68 Å². The van der Waals surface area contributed by atoms with E-state index in [1.165, 1.54) is 0 Å². The van der Waals surface area contributed by atoms with Crippen LogP contribution in [0.1, 0.15) is 5.69 Å². The normalized spacial score (nSPS) is 11.4. The number of nitrogens with zero attached hydrogens (tertiary/aromatic N) is 1. The second kappa shape index (κ2) is 3.87. The summed E-state index contributed by atoms with van der Waals surface area (Å²) < 4.78 is 40.1. The lowest BCUT2D eigenvalue weighted by atomic mass is 10.4. The summed E-state index contributed by atoms with van der Waals surface area (Å²) in [6.45, 7) is 0. The molecule has 4 nitrogen and oxygen atoms in total. The Labute approximate surface area is 81.0 Å². The molecule has 1 heterocycles. The summed E-state index contributed by atoms with van der Waals surface area (Å²) in [6, 6.07) is 0.574. The average Bonchev–Trinajstić information content (AvgIpc) is 2.51. The Balaban J connectivity index is 2.74. The van der Waals surface area contributed by atoms with Gasteiger partial charge in [-0.3, -0.25) is 10.1 Å². The van der Waals surface area contributed by atoms with E-state index in [0.29, 0.717) is 6.07 Å². The highest BCUT2D eigenvalue weighted by Gasteiger charge is 2.35. The summed E-state index contributed by atoms with van der Waals surface area (Å²) in [5.74, 6) is -1.43. The molecule has 0 spiro atoms. The molecule has 1 rings (SSSR count). The second-order valence-corrected chi connectivity index (χ2v) is 2.52. The fraction of sp³-hybridized carbons (Fsp3) is 0.333. The summed E-state index contributed by atoms with van der Waals surface area (Å²) in [5, 5.41) is 4.70. The van der Waals surface area contributed by atoms with Gasteiger partial charge in [0.1, 0.15) is 5.88 Å². The molecule has 8 heteroatoms. The predicted octanol–water partition coefficient (Wildman–Crippen LogP) is 1.87. The maximum Gasteiger partial charge on any atom is 0.436 e. The summed E-state index contributed by atoms with van der Waals surface area (Å²) >= 11 is 5.10. The van der Waals surface area contributed by atoms with E-state index in [1.807, 2.05) is 5.32 Å². The van der Waals surface area contributed by atoms with Crippen LogP contribution in [0.3, 0.4) is 0 Å². The van der Waals surface area contributed by atoms with Crippen molar-refractivity contribution in [2.75, 3.05) is 11.2 Å². The minimum Gasteiger partial charge on any atom is -0.338 e. The molecule has 1 amide bonds. The van der Waals surface area contributed by atoms with Gasteiger partial charge in [0, 0.05) is 6.07 Å². The lowest BCUT2D eigenvalue weighted by Crippen LogP contribution is -2.11. The highest BCUT2D eigenvalue weighted by Crippen LogP contribution is 2.29. The third-order valence-corrected chi connectivity index (χ3v) is 1.43. The maximum atomic E-state index is 12.0. The van der Waals surface area contributed by atoms with Gasteiger partial charge in [-0.15, -0.1) is 11.6 Å². The number of nitrogens with one attached hydrogen (secondary N) is 1. The Morgan fingerprint density at radius 3 is 2.71 bits per heavy atom. The molecule has 0 saturated carbocycles. The molecule has 1 aromatic rings. The number of carbonyl (C=O) groups is 1. The van der Waals surface area contributed by atoms with Crippen LogP contribution in [0.5, 0.6) is 0 Å². The number of rotatable bonds is 2. The summed E-state index contributed by atoms with van der Waals surface area (Å²) in [4.78, 5) is 10.6. The van der Waals surface area contributed by atoms with Crippen molar-refractivity contribution in [3.05, 3.63) is 11.8 Å². The Hall–Kier alpha value is -1.24. The van der Waals surface area contributed by atoms with Crippen LogP contribution in [0.25, 0.3) is 0 Å². The monoisotopic (exact) mass is 228 g/mol. The van der Waals surface area contributed by atoms with Gasteiger partial charge in [-0.25, -0.2) is 0 Å². The zero-order valence-electron chi connectivity index (χ0n) is 6.56. The third-order valence-electron chi connectivity index (χ3n) is 1.18. The third kappa shape index (κ3) is 2.63. The van der Waals surface area contributed by atoms with E-state index in [-0.39, 0.29) is 11.8 Å². The van der Waals surface area contributed by atoms with Gasteiger partial charge in [-0.1, -0.05) is 5.16 Å². The molecule has 0 radical (unpaired) electrons. The molecule has 0 bridgehead atoms. The number of aromatic nitrogens is 1. The Bertz CT molecular complexity index is 336. The fourth-order valence-electron chi connectivity index (χ4n) is 0.639. The number of alkyl halides is 4. The van der Waals surface area contributed by atoms with Crippen LogP contribution in [0.15, 0.2) is 10.6 Å². The van der Waals surface area contributed by atoms with Crippen LogP contribution >= 0.6 is 11.6 Å². The lowest BCUT2D eigenvalue weighted by Gasteiger charge is -1.97. The van der Waals surface area contributed by atoms with Gasteiger partial charge >= 0.3 is 6.18 Å². The largest absolute Gasteiger partial charge is 0.436 e. The smallest absolute Gasteiger partial charge is 0.338 e. The number of carbonyl (C=O) groups excluding carboxylic acids is 1. The number of halogens is 4. The van der Waals surface area contributed by atoms with Crippen LogP contribution in [0, 0.1) is 0 Å². The standard InChI is InChI=1S/C6H4ClF3N2O2/c7-2-4(13)11-5-1-3(12-14-5)6(8,9)10/h1H,2H2,(H,11,13). The van der Waals surface area contributed by atoms with Gasteiger partial charge in [0.25, 0.3) is 0 Å². The van der Waals surface area contributed by atoms with Crippen LogP contribution in [0.2, 0.25) is 0 Å². The Morgan fingerprint density at radius 2 is 2.29 bits per heavy atom. The molecule has 0 aliphatic heterocycles. The van der Waals surface area contributed by atoms with Gasteiger partial charge < -0.3 is 4.52 Å². The summed E-state index contributed by atoms with van der Waals surface area (Å²) in [7, 11) is 0. The number of anilines is 1. The van der Waals surface area contributed by atoms with E-state index in [0.717, 1.165) is 0 Å². The van der Waals surface area contributed by atoms with Crippen molar-refractivity contribution in [2.45, 2.75) is 6.18 Å². The highest BCUT2D eigenvalue weighted by atomic mass is 35.5. The maximum absolute atomic E-state index is 12.0. The summed E-state index contributed by atoms with van der Waals surface area (Å²) in [6.07, 6.45) is -4.59. The van der Waals surface area contributed by atoms with Crippen molar-refractivity contribution in [1.29, 1.82) is 0 Å². The molecule has 14 heavy (non-hydrogen) atoms. The van der Waals surface area contributed by atoms with E-state index in [4.69, 9.17) is 11.6 Å². The highest BCUT2D eigenvalue weighted by molar-refractivity contribution is 6.28. The molecule has 0 unspecified atom stereocenters. The quantitative estimate of drug-likeness (QED) is 0.786. The molecule has 1 aromatic heterocycles. The van der Waals surface area contributed by atoms with Crippen LogP contribution in [-0.4, -0.2) is 16.9 Å². The van der Waals surface area contributed by atoms with E-state index in [1.54, 1.807) is 0 Å². The molecule has 78 valence electrons. The van der Waals surface area contributed by atoms with Crippen molar-refractivity contribution in [1.82, 2.24) is 5.16 Å². The van der Waals surface area contributed by atoms with Crippen molar-refractivity contribution >= 4 is 23.4 Å². The van der Waals surface area contributed by atoms with Crippen molar-refractivity contribution < 1.29 is 22.5 Å². The average molecular weight is 229 g/mol. The van der Waals surface area contributed by atoms with E-state index >= 15 is 0 Å². The number of amides is 1. The van der Waals surface area contributed by atoms with Crippen molar-refractivity contribution in [3.8, 4) is 0 Å². The van der Waals surface area contributed by atoms with Gasteiger partial charge in [0.2, 0.25) is 11.8 Å². The van der Waals surface area contributed by atoms with E-state index in [9.17, 15) is 18.0 Å². The van der Waals surface area contributed by atoms with Gasteiger partial charge in [0.05, 0.1) is 0 Å². The first-order valence-electron chi connectivity index (χ1n) is 3.33. The molecule has 0 saturated heterocycles. The molecule has 0 aliphatic rings. The Kier molecular flexibility index (Phi) is 3.00. The van der Waals surface area contributed by atoms with Crippen LogP contribution < -0.4 is 5.32 Å². The lowest BCUT2D eigenvalue weighted by molar-refractivity contribution is -0.142. The first-order chi connectivity index (χ1) is 6.43. The van der Waals surface area contributed by atoms with Crippen molar-refractivity contribution in [2.24, 2.45) is 0 Å². The van der Waals surface area contributed by atoms with Crippen molar-refractivity contribution in [3.63, 3.8) is 0 Å². The number of hydrogen-bond acceptors (Lipinski definition) is 3. The SMILES string of the molecule is O=C(CCl)Nc1cc(C(F)(F)F)no1. The molecule has 0 fully saturated rings. The van der Waals surface area contributed by atoms with Gasteiger partial charge in [0.15, 0.2) is 5.69 Å². The fourth-order valence-corrected chi connectivity index (χ4v) is 0.705. The van der Waals surface area contributed by atoms with Gasteiger partial charge in [-0.05, 0) is 0 Å². The molecular weight excluding hydrogens is 225 g/mol. The molecular formula is C6H4ClF3N2O2. The topological polar surface area (TPSA) is 55.1 Å². The minimum absolute atomic E-state index is 0.373. The Morgan fingerprint density at radius 1 is 1.64 bits per heavy atom. The first kappa shape index (κ1) is 10.8. The second-order valence-electron chi connectivity index (χ2n) is 2.26. The first-order valence-corrected chi connectivity index (χ1v) is 3.86. The zero-order chi connectivity index (χ0) is 10.8. The molecule has 0 aliphatic carbocycles. The minimum atomic E-state index is -4.59. The molecule has 0 atom stereocenters.